The van der Waals surface area contributed by atoms with Crippen molar-refractivity contribution in [3.05, 3.63) is 53.9 Å². The summed E-state index contributed by atoms with van der Waals surface area (Å²) in [5.41, 5.74) is 1.95. The van der Waals surface area contributed by atoms with Crippen LogP contribution in [0.4, 0.5) is 5.82 Å². The zero-order valence-electron chi connectivity index (χ0n) is 12.3. The van der Waals surface area contributed by atoms with Crippen LogP contribution in [0.15, 0.2) is 42.5 Å². The van der Waals surface area contributed by atoms with Gasteiger partial charge in [-0.25, -0.2) is 0 Å². The number of anilines is 1. The normalized spacial score (nSPS) is 21.3. The first-order valence-electron chi connectivity index (χ1n) is 7.43. The van der Waals surface area contributed by atoms with E-state index in [1.54, 1.807) is 4.52 Å². The van der Waals surface area contributed by atoms with Crippen LogP contribution >= 0.6 is 0 Å². The monoisotopic (exact) mass is 295 g/mol. The maximum Gasteiger partial charge on any atom is 0.178 e. The zero-order chi connectivity index (χ0) is 14.9. The fourth-order valence-corrected chi connectivity index (χ4v) is 2.87. The number of nitrogens with zero attached hydrogens (tertiary/aromatic N) is 4. The van der Waals surface area contributed by atoms with Gasteiger partial charge < -0.3 is 10.1 Å². The van der Waals surface area contributed by atoms with E-state index in [0.29, 0.717) is 0 Å². The van der Waals surface area contributed by atoms with Crippen LogP contribution in [0.2, 0.25) is 0 Å². The van der Waals surface area contributed by atoms with Crippen molar-refractivity contribution >= 4 is 11.5 Å². The molecule has 3 heterocycles. The summed E-state index contributed by atoms with van der Waals surface area (Å²) in [4.78, 5) is 0. The second-order valence-electron chi connectivity index (χ2n) is 5.48. The minimum absolute atomic E-state index is 0.0562. The molecule has 0 amide bonds. The van der Waals surface area contributed by atoms with Gasteiger partial charge in [0.05, 0.1) is 6.04 Å². The van der Waals surface area contributed by atoms with E-state index in [1.165, 1.54) is 5.56 Å². The molecule has 4 rings (SSSR count). The molecule has 0 saturated carbocycles. The molecule has 3 aromatic rings. The van der Waals surface area contributed by atoms with Gasteiger partial charge in [0.15, 0.2) is 11.5 Å². The van der Waals surface area contributed by atoms with Crippen molar-refractivity contribution in [1.82, 2.24) is 19.8 Å². The molecular formula is C16H17N5O. The Morgan fingerprint density at radius 2 is 2.00 bits per heavy atom. The first kappa shape index (κ1) is 13.2. The van der Waals surface area contributed by atoms with Crippen LogP contribution < -0.4 is 5.32 Å². The largest absolute Gasteiger partial charge is 0.371 e. The van der Waals surface area contributed by atoms with Gasteiger partial charge in [0.2, 0.25) is 0 Å². The lowest BCUT2D eigenvalue weighted by Gasteiger charge is -2.20. The molecular weight excluding hydrogens is 278 g/mol. The van der Waals surface area contributed by atoms with Gasteiger partial charge in [-0.05, 0) is 31.0 Å². The standard InChI is InChI=1S/C16H17N5O/c1-11-18-19-15-8-7-14(20-21(11)15)17-13-9-10-22-16(13)12-5-3-2-4-6-12/h2-8,13,16H,9-10H2,1H3,(H,17,20)/t13-,16-/m1/s1. The number of hydrogen-bond acceptors (Lipinski definition) is 5. The van der Waals surface area contributed by atoms with E-state index < -0.39 is 0 Å². The van der Waals surface area contributed by atoms with Crippen LogP contribution in [0.25, 0.3) is 5.65 Å². The highest BCUT2D eigenvalue weighted by molar-refractivity contribution is 5.45. The summed E-state index contributed by atoms with van der Waals surface area (Å²) < 4.78 is 7.64. The third-order valence-corrected chi connectivity index (χ3v) is 3.97. The van der Waals surface area contributed by atoms with Crippen LogP contribution in [0.5, 0.6) is 0 Å². The number of aromatic nitrogens is 4. The average molecular weight is 295 g/mol. The Bertz CT molecular complexity index is 786. The van der Waals surface area contributed by atoms with Gasteiger partial charge in [0, 0.05) is 6.61 Å². The Hall–Kier alpha value is -2.47. The Labute approximate surface area is 128 Å². The molecule has 0 bridgehead atoms. The van der Waals surface area contributed by atoms with Gasteiger partial charge in [-0.3, -0.25) is 0 Å². The highest BCUT2D eigenvalue weighted by Crippen LogP contribution is 2.30. The van der Waals surface area contributed by atoms with Crippen LogP contribution in [0.3, 0.4) is 0 Å². The molecule has 22 heavy (non-hydrogen) atoms. The summed E-state index contributed by atoms with van der Waals surface area (Å²) in [5.74, 6) is 1.59. The Morgan fingerprint density at radius 1 is 1.14 bits per heavy atom. The van der Waals surface area contributed by atoms with Crippen molar-refractivity contribution in [2.24, 2.45) is 0 Å². The molecule has 2 atom stereocenters. The molecule has 0 aliphatic carbocycles. The number of nitrogens with one attached hydrogen (secondary N) is 1. The van der Waals surface area contributed by atoms with E-state index in [4.69, 9.17) is 4.74 Å². The summed E-state index contributed by atoms with van der Waals surface area (Å²) in [5, 5.41) is 16.1. The number of fused-ring (bicyclic) bond motifs is 1. The predicted molar refractivity (Wildman–Crippen MR) is 82.7 cm³/mol. The van der Waals surface area contributed by atoms with E-state index in [-0.39, 0.29) is 12.1 Å². The smallest absolute Gasteiger partial charge is 0.178 e. The first-order valence-corrected chi connectivity index (χ1v) is 7.43. The van der Waals surface area contributed by atoms with E-state index in [1.807, 2.05) is 37.3 Å². The second-order valence-corrected chi connectivity index (χ2v) is 5.48. The number of benzene rings is 1. The van der Waals surface area contributed by atoms with Crippen LogP contribution in [0, 0.1) is 6.92 Å². The molecule has 0 spiro atoms. The quantitative estimate of drug-likeness (QED) is 0.803. The van der Waals surface area contributed by atoms with Crippen LogP contribution in [0.1, 0.15) is 23.9 Å². The third kappa shape index (κ3) is 2.31. The fourth-order valence-electron chi connectivity index (χ4n) is 2.87. The van der Waals surface area contributed by atoms with Crippen molar-refractivity contribution in [1.29, 1.82) is 0 Å². The molecule has 6 heteroatoms. The SMILES string of the molecule is Cc1nnc2ccc(N[C@@H]3CCO[C@@H]3c3ccccc3)nn12. The molecule has 0 radical (unpaired) electrons. The molecule has 0 unspecified atom stereocenters. The summed E-state index contributed by atoms with van der Waals surface area (Å²) in [6.45, 7) is 2.65. The topological polar surface area (TPSA) is 64.3 Å². The molecule has 1 fully saturated rings. The highest BCUT2D eigenvalue weighted by Gasteiger charge is 2.29. The van der Waals surface area contributed by atoms with Crippen molar-refractivity contribution < 1.29 is 4.74 Å². The summed E-state index contributed by atoms with van der Waals surface area (Å²) >= 11 is 0. The second kappa shape index (κ2) is 5.38. The summed E-state index contributed by atoms with van der Waals surface area (Å²) in [6.07, 6.45) is 1.01. The Morgan fingerprint density at radius 3 is 2.86 bits per heavy atom. The third-order valence-electron chi connectivity index (χ3n) is 3.97. The fraction of sp³-hybridized carbons (Fsp3) is 0.312. The number of ether oxygens (including phenoxy) is 1. The highest BCUT2D eigenvalue weighted by atomic mass is 16.5. The van der Waals surface area contributed by atoms with Gasteiger partial charge in [-0.15, -0.1) is 15.3 Å². The molecule has 112 valence electrons. The summed E-state index contributed by atoms with van der Waals surface area (Å²) in [7, 11) is 0. The molecule has 1 aromatic carbocycles. The van der Waals surface area contributed by atoms with E-state index in [2.05, 4.69) is 32.7 Å². The summed E-state index contributed by atoms with van der Waals surface area (Å²) in [6, 6.07) is 14.4. The Balaban J connectivity index is 1.59. The first-order chi connectivity index (χ1) is 10.8. The maximum absolute atomic E-state index is 5.90. The molecule has 1 aliphatic heterocycles. The molecule has 1 saturated heterocycles. The van der Waals surface area contributed by atoms with Crippen LogP contribution in [-0.4, -0.2) is 32.5 Å². The van der Waals surface area contributed by atoms with Gasteiger partial charge in [-0.2, -0.15) is 4.52 Å². The van der Waals surface area contributed by atoms with Crippen LogP contribution in [-0.2, 0) is 4.74 Å². The van der Waals surface area contributed by atoms with Crippen molar-refractivity contribution in [2.75, 3.05) is 11.9 Å². The number of aryl methyl sites for hydroxylation is 1. The lowest BCUT2D eigenvalue weighted by molar-refractivity contribution is 0.107. The van der Waals surface area contributed by atoms with E-state index in [9.17, 15) is 0 Å². The van der Waals surface area contributed by atoms with E-state index >= 15 is 0 Å². The average Bonchev–Trinajstić information content (AvgIpc) is 3.16. The minimum Gasteiger partial charge on any atom is -0.371 e. The van der Waals surface area contributed by atoms with Gasteiger partial charge in [0.25, 0.3) is 0 Å². The van der Waals surface area contributed by atoms with Crippen molar-refractivity contribution in [3.63, 3.8) is 0 Å². The van der Waals surface area contributed by atoms with Crippen molar-refractivity contribution in [2.45, 2.75) is 25.5 Å². The number of hydrogen-bond donors (Lipinski definition) is 1. The maximum atomic E-state index is 5.90. The Kier molecular flexibility index (Phi) is 3.23. The van der Waals surface area contributed by atoms with Gasteiger partial charge >= 0.3 is 0 Å². The zero-order valence-corrected chi connectivity index (χ0v) is 12.3. The molecule has 2 aromatic heterocycles. The van der Waals surface area contributed by atoms with Gasteiger partial charge in [-0.1, -0.05) is 30.3 Å². The predicted octanol–water partition coefficient (Wildman–Crippen LogP) is 2.37. The minimum atomic E-state index is 0.0562. The lowest BCUT2D eigenvalue weighted by Crippen LogP contribution is -2.24. The van der Waals surface area contributed by atoms with Gasteiger partial charge in [0.1, 0.15) is 11.9 Å². The molecule has 1 aliphatic rings. The van der Waals surface area contributed by atoms with E-state index in [0.717, 1.165) is 30.3 Å². The molecule has 6 nitrogen and oxygen atoms in total. The molecule has 1 N–H and O–H groups in total. The van der Waals surface area contributed by atoms with Crippen molar-refractivity contribution in [3.8, 4) is 0 Å². The lowest BCUT2D eigenvalue weighted by atomic mass is 10.0. The number of rotatable bonds is 3.